The van der Waals surface area contributed by atoms with E-state index in [-0.39, 0.29) is 0 Å². The molecule has 1 radical (unpaired) electrons. The summed E-state index contributed by atoms with van der Waals surface area (Å²) < 4.78 is 7.69. The summed E-state index contributed by atoms with van der Waals surface area (Å²) in [4.78, 5) is 0. The van der Waals surface area contributed by atoms with Crippen LogP contribution in [0, 0.1) is 6.92 Å². The van der Waals surface area contributed by atoms with Crippen molar-refractivity contribution in [3.63, 3.8) is 0 Å². The lowest BCUT2D eigenvalue weighted by atomic mass is 10.4. The van der Waals surface area contributed by atoms with Gasteiger partial charge in [0.2, 0.25) is 0 Å². The molecule has 0 saturated carbocycles. The Morgan fingerprint density at radius 3 is 3.00 bits per heavy atom. The molecule has 0 N–H and O–H groups in total. The van der Waals surface area contributed by atoms with Crippen LogP contribution in [0.3, 0.4) is 0 Å². The van der Waals surface area contributed by atoms with E-state index in [0.29, 0.717) is 0 Å². The molecule has 0 aromatic carbocycles. The lowest BCUT2D eigenvalue weighted by Gasteiger charge is -1.74. The second-order valence-corrected chi connectivity index (χ2v) is 1.71. The van der Waals surface area contributed by atoms with Crippen molar-refractivity contribution in [3.8, 4) is 0 Å². The van der Waals surface area contributed by atoms with Crippen molar-refractivity contribution in [1.82, 2.24) is 8.75 Å². The minimum atomic E-state index is 0.747. The van der Waals surface area contributed by atoms with Crippen molar-refractivity contribution < 1.29 is 0 Å². The summed E-state index contributed by atoms with van der Waals surface area (Å²) in [6.45, 7) is 3.63. The molecule has 0 aliphatic carbocycles. The predicted molar refractivity (Wildman–Crippen MR) is 29.0 cm³/mol. The standard InChI is InChI=1S/C4H5N2S/c1-2-4-3-5-7-6-4/h3H,1-2H2. The Morgan fingerprint density at radius 1 is 1.86 bits per heavy atom. The van der Waals surface area contributed by atoms with E-state index >= 15 is 0 Å². The molecule has 0 unspecified atom stereocenters. The van der Waals surface area contributed by atoms with Gasteiger partial charge in [0, 0.05) is 0 Å². The molecule has 1 rings (SSSR count). The Morgan fingerprint density at radius 2 is 2.71 bits per heavy atom. The number of nitrogens with zero attached hydrogens (tertiary/aromatic N) is 2. The van der Waals surface area contributed by atoms with Gasteiger partial charge in [-0.15, -0.1) is 0 Å². The van der Waals surface area contributed by atoms with Crippen molar-refractivity contribution in [2.24, 2.45) is 0 Å². The van der Waals surface area contributed by atoms with Crippen LogP contribution in [0.25, 0.3) is 0 Å². The van der Waals surface area contributed by atoms with Crippen LogP contribution in [-0.2, 0) is 6.42 Å². The number of aromatic nitrogens is 2. The van der Waals surface area contributed by atoms with Gasteiger partial charge < -0.3 is 0 Å². The average molecular weight is 113 g/mol. The van der Waals surface area contributed by atoms with Gasteiger partial charge in [-0.1, -0.05) is 0 Å². The van der Waals surface area contributed by atoms with Crippen LogP contribution in [0.2, 0.25) is 0 Å². The SMILES string of the molecule is [CH2]Cc1cnsn1. The molecule has 0 saturated heterocycles. The molecule has 0 atom stereocenters. The van der Waals surface area contributed by atoms with E-state index in [4.69, 9.17) is 0 Å². The molecule has 37 valence electrons. The van der Waals surface area contributed by atoms with Crippen LogP contribution < -0.4 is 0 Å². The molecule has 0 bridgehead atoms. The van der Waals surface area contributed by atoms with Crippen molar-refractivity contribution in [3.05, 3.63) is 18.8 Å². The fraction of sp³-hybridized carbons (Fsp3) is 0.250. The lowest BCUT2D eigenvalue weighted by Crippen LogP contribution is -1.73. The predicted octanol–water partition coefficient (Wildman–Crippen LogP) is 0.915. The third kappa shape index (κ3) is 0.962. The fourth-order valence-electron chi connectivity index (χ4n) is 0.294. The Hall–Kier alpha value is -0.440. The van der Waals surface area contributed by atoms with E-state index < -0.39 is 0 Å². The Kier molecular flexibility index (Phi) is 1.36. The van der Waals surface area contributed by atoms with E-state index in [1.807, 2.05) is 0 Å². The first-order valence-electron chi connectivity index (χ1n) is 1.99. The molecule has 2 nitrogen and oxygen atoms in total. The third-order valence-electron chi connectivity index (χ3n) is 0.663. The zero-order valence-electron chi connectivity index (χ0n) is 3.79. The van der Waals surface area contributed by atoms with Crippen molar-refractivity contribution in [1.29, 1.82) is 0 Å². The Labute approximate surface area is 46.5 Å². The van der Waals surface area contributed by atoms with Gasteiger partial charge >= 0.3 is 0 Å². The molecular formula is C4H5N2S. The van der Waals surface area contributed by atoms with Crippen molar-refractivity contribution in [2.45, 2.75) is 6.42 Å². The normalized spacial score (nSPS) is 9.29. The Balaban J connectivity index is 2.76. The van der Waals surface area contributed by atoms with Gasteiger partial charge in [0.15, 0.2) is 0 Å². The maximum Gasteiger partial charge on any atom is 0.0743 e. The van der Waals surface area contributed by atoms with E-state index in [2.05, 4.69) is 15.7 Å². The second kappa shape index (κ2) is 2.02. The van der Waals surface area contributed by atoms with Crippen LogP contribution in [-0.4, -0.2) is 8.75 Å². The summed E-state index contributed by atoms with van der Waals surface area (Å²) in [6, 6.07) is 0. The molecule has 1 aromatic heterocycles. The van der Waals surface area contributed by atoms with Gasteiger partial charge in [-0.2, -0.15) is 8.75 Å². The first-order valence-corrected chi connectivity index (χ1v) is 2.72. The van der Waals surface area contributed by atoms with E-state index in [9.17, 15) is 0 Å². The van der Waals surface area contributed by atoms with Gasteiger partial charge in [0.25, 0.3) is 0 Å². The van der Waals surface area contributed by atoms with E-state index in [0.717, 1.165) is 12.1 Å². The molecule has 0 aliphatic rings. The number of rotatable bonds is 1. The van der Waals surface area contributed by atoms with Crippen LogP contribution >= 0.6 is 11.7 Å². The highest BCUT2D eigenvalue weighted by Gasteiger charge is 1.86. The topological polar surface area (TPSA) is 25.8 Å². The summed E-state index contributed by atoms with van der Waals surface area (Å²) in [5, 5.41) is 0. The van der Waals surface area contributed by atoms with Crippen LogP contribution in [0.5, 0.6) is 0 Å². The minimum Gasteiger partial charge on any atom is -0.181 e. The van der Waals surface area contributed by atoms with E-state index in [1.165, 1.54) is 11.7 Å². The maximum atomic E-state index is 3.90. The highest BCUT2D eigenvalue weighted by atomic mass is 32.1. The molecule has 0 aliphatic heterocycles. The van der Waals surface area contributed by atoms with Crippen LogP contribution in [0.15, 0.2) is 6.20 Å². The number of hydrogen-bond acceptors (Lipinski definition) is 3. The fourth-order valence-corrected chi connectivity index (χ4v) is 0.753. The van der Waals surface area contributed by atoms with Gasteiger partial charge in [0.05, 0.1) is 23.6 Å². The monoisotopic (exact) mass is 113 g/mol. The molecule has 3 heteroatoms. The molecule has 0 fully saturated rings. The summed E-state index contributed by atoms with van der Waals surface area (Å²) in [5.74, 6) is 0. The smallest absolute Gasteiger partial charge is 0.0743 e. The first kappa shape index (κ1) is 4.71. The summed E-state index contributed by atoms with van der Waals surface area (Å²) in [7, 11) is 0. The van der Waals surface area contributed by atoms with E-state index in [1.54, 1.807) is 6.20 Å². The maximum absolute atomic E-state index is 3.90. The quantitative estimate of drug-likeness (QED) is 0.541. The number of hydrogen-bond donors (Lipinski definition) is 0. The average Bonchev–Trinajstić information content (AvgIpc) is 2.14. The van der Waals surface area contributed by atoms with Gasteiger partial charge in [0.1, 0.15) is 0 Å². The molecule has 0 spiro atoms. The van der Waals surface area contributed by atoms with Gasteiger partial charge in [-0.05, 0) is 13.3 Å². The largest absolute Gasteiger partial charge is 0.181 e. The molecule has 1 heterocycles. The third-order valence-corrected chi connectivity index (χ3v) is 1.18. The highest BCUT2D eigenvalue weighted by Crippen LogP contribution is 1.92. The Bertz CT molecular complexity index is 124. The summed E-state index contributed by atoms with van der Waals surface area (Å²) in [5.41, 5.74) is 0.977. The summed E-state index contributed by atoms with van der Waals surface area (Å²) >= 11 is 1.22. The minimum absolute atomic E-state index is 0.747. The first-order chi connectivity index (χ1) is 3.43. The molecule has 1 aromatic rings. The second-order valence-electron chi connectivity index (χ2n) is 1.15. The summed E-state index contributed by atoms with van der Waals surface area (Å²) in [6.07, 6.45) is 2.48. The highest BCUT2D eigenvalue weighted by molar-refractivity contribution is 6.99. The van der Waals surface area contributed by atoms with Crippen molar-refractivity contribution >= 4 is 11.7 Å². The zero-order valence-corrected chi connectivity index (χ0v) is 4.61. The molecular weight excluding hydrogens is 108 g/mol. The lowest BCUT2D eigenvalue weighted by molar-refractivity contribution is 1.18. The molecule has 7 heavy (non-hydrogen) atoms. The van der Waals surface area contributed by atoms with Crippen LogP contribution in [0.4, 0.5) is 0 Å². The van der Waals surface area contributed by atoms with Gasteiger partial charge in [-0.3, -0.25) is 0 Å². The van der Waals surface area contributed by atoms with Gasteiger partial charge in [-0.25, -0.2) is 0 Å². The van der Waals surface area contributed by atoms with Crippen LogP contribution in [0.1, 0.15) is 5.69 Å². The van der Waals surface area contributed by atoms with Crippen molar-refractivity contribution in [2.75, 3.05) is 0 Å². The zero-order chi connectivity index (χ0) is 5.11. The molecule has 0 amide bonds.